The van der Waals surface area contributed by atoms with Gasteiger partial charge in [0.15, 0.2) is 0 Å². The van der Waals surface area contributed by atoms with Crippen LogP contribution in [0.1, 0.15) is 0 Å². The van der Waals surface area contributed by atoms with Crippen LogP contribution < -0.4 is 0 Å². The normalized spacial score (nSPS) is 10.9. The van der Waals surface area contributed by atoms with Gasteiger partial charge in [0.05, 0.1) is 20.2 Å². The molecule has 0 amide bonds. The molecule has 0 saturated carbocycles. The molecule has 0 fully saturated rings. The third-order valence-corrected chi connectivity index (χ3v) is 9.84. The van der Waals surface area contributed by atoms with Gasteiger partial charge in [0.1, 0.15) is 0 Å². The summed E-state index contributed by atoms with van der Waals surface area (Å²) >= 11 is 0. The van der Waals surface area contributed by atoms with Gasteiger partial charge >= 0.3 is 52.4 Å². The Morgan fingerprint density at radius 3 is 0.661 bits per heavy atom. The largest absolute Gasteiger partial charge is 2.00 e. The minimum atomic E-state index is -3.92. The molecule has 0 aromatic heterocycles. The molecule has 62 heavy (non-hydrogen) atoms. The monoisotopic (exact) mass is 1000 g/mol. The summed E-state index contributed by atoms with van der Waals surface area (Å²) in [5.74, 6) is 0. The molecular formula is C52H40O6S2Zr2. The van der Waals surface area contributed by atoms with Gasteiger partial charge in [-0.1, -0.05) is 192 Å². The van der Waals surface area contributed by atoms with Gasteiger partial charge in [0.2, 0.25) is 0 Å². The van der Waals surface area contributed by atoms with Crippen LogP contribution >= 0.6 is 0 Å². The Hall–Kier alpha value is -4.91. The van der Waals surface area contributed by atoms with E-state index in [1.165, 1.54) is 87.6 Å². The molecule has 10 rings (SSSR count). The molecular weight excluding hydrogens is 967 g/mol. The van der Waals surface area contributed by atoms with E-state index in [-0.39, 0.29) is 52.4 Å². The number of hydrogen-bond donors (Lipinski definition) is 0. The molecule has 0 saturated heterocycles. The standard InChI is InChI=1S/2C25H17.2CH4O3S.2Zr/c2*1-3-7-18(8-4-1)20-11-13-24-22(15-20)17-23-16-21(12-14-25(23)24)19-9-5-2-6-10-19;2*1-5(2,3)4;;/h2*1-17H;2*1H3,(H,2,3,4);;/q2*-1;;;2*+2/p-2. The van der Waals surface area contributed by atoms with E-state index in [1.807, 2.05) is 0 Å². The molecule has 0 aliphatic carbocycles. The van der Waals surface area contributed by atoms with Crippen molar-refractivity contribution in [2.75, 3.05) is 12.5 Å². The van der Waals surface area contributed by atoms with E-state index in [9.17, 15) is 0 Å². The van der Waals surface area contributed by atoms with Crippen LogP contribution in [0, 0.1) is 0 Å². The zero-order valence-corrected chi connectivity index (χ0v) is 40.4. The first-order chi connectivity index (χ1) is 28.8. The molecule has 0 atom stereocenters. The number of benzene rings is 8. The fourth-order valence-corrected chi connectivity index (χ4v) is 7.29. The summed E-state index contributed by atoms with van der Waals surface area (Å²) in [6.07, 6.45) is 1.21. The number of rotatable bonds is 4. The second-order valence-electron chi connectivity index (χ2n) is 14.4. The van der Waals surface area contributed by atoms with Crippen molar-refractivity contribution in [1.82, 2.24) is 0 Å². The van der Waals surface area contributed by atoms with E-state index >= 15 is 0 Å². The summed E-state index contributed by atoms with van der Waals surface area (Å²) in [6, 6.07) is 74.0. The summed E-state index contributed by atoms with van der Waals surface area (Å²) < 4.78 is 54.5. The Kier molecular flexibility index (Phi) is 16.6. The Labute approximate surface area is 401 Å². The molecule has 304 valence electrons. The molecule has 0 heterocycles. The molecule has 0 spiro atoms. The predicted octanol–water partition coefficient (Wildman–Crippen LogP) is 12.4. The molecule has 10 heteroatoms. The van der Waals surface area contributed by atoms with Crippen molar-refractivity contribution in [3.63, 3.8) is 0 Å². The Morgan fingerprint density at radius 1 is 0.306 bits per heavy atom. The first kappa shape index (κ1) is 48.1. The van der Waals surface area contributed by atoms with E-state index in [2.05, 4.69) is 206 Å². The molecule has 10 aromatic carbocycles. The fraction of sp³-hybridized carbons (Fsp3) is 0.0385. The van der Waals surface area contributed by atoms with Crippen LogP contribution in [0.15, 0.2) is 206 Å². The van der Waals surface area contributed by atoms with Crippen molar-refractivity contribution >= 4 is 63.3 Å². The third kappa shape index (κ3) is 13.1. The smallest absolute Gasteiger partial charge is 0.748 e. The van der Waals surface area contributed by atoms with Gasteiger partial charge in [0.25, 0.3) is 0 Å². The summed E-state index contributed by atoms with van der Waals surface area (Å²) in [5, 5.41) is 10.5. The fourth-order valence-electron chi connectivity index (χ4n) is 7.29. The van der Waals surface area contributed by atoms with E-state index in [4.69, 9.17) is 25.9 Å². The molecule has 0 bridgehead atoms. The van der Waals surface area contributed by atoms with Crippen molar-refractivity contribution < 1.29 is 78.3 Å². The average molecular weight is 1010 g/mol. The Bertz CT molecular complexity index is 2830. The molecule has 6 nitrogen and oxygen atoms in total. The average Bonchev–Trinajstić information content (AvgIpc) is 3.80. The maximum atomic E-state index is 9.08. The Balaban J connectivity index is 0.000000188. The van der Waals surface area contributed by atoms with Gasteiger partial charge in [-0.25, -0.2) is 16.8 Å². The minimum Gasteiger partial charge on any atom is -0.748 e. The summed E-state index contributed by atoms with van der Waals surface area (Å²) in [7, 11) is -7.83. The van der Waals surface area contributed by atoms with E-state index in [0.29, 0.717) is 12.5 Å². The van der Waals surface area contributed by atoms with Gasteiger partial charge in [-0.2, -0.15) is 0 Å². The van der Waals surface area contributed by atoms with E-state index < -0.39 is 20.2 Å². The van der Waals surface area contributed by atoms with Crippen LogP contribution in [-0.2, 0) is 72.6 Å². The predicted molar refractivity (Wildman–Crippen MR) is 247 cm³/mol. The van der Waals surface area contributed by atoms with Gasteiger partial charge in [-0.15, -0.1) is 79.5 Å². The first-order valence-electron chi connectivity index (χ1n) is 19.1. The Morgan fingerprint density at radius 2 is 0.484 bits per heavy atom. The second-order valence-corrected chi connectivity index (χ2v) is 17.2. The molecule has 0 unspecified atom stereocenters. The van der Waals surface area contributed by atoms with Crippen LogP contribution in [0.3, 0.4) is 0 Å². The van der Waals surface area contributed by atoms with E-state index in [1.54, 1.807) is 0 Å². The van der Waals surface area contributed by atoms with Crippen molar-refractivity contribution in [1.29, 1.82) is 0 Å². The van der Waals surface area contributed by atoms with E-state index in [0.717, 1.165) is 0 Å². The van der Waals surface area contributed by atoms with Gasteiger partial charge < -0.3 is 9.11 Å². The van der Waals surface area contributed by atoms with Crippen LogP contribution in [0.4, 0.5) is 0 Å². The summed E-state index contributed by atoms with van der Waals surface area (Å²) in [6.45, 7) is 0. The van der Waals surface area contributed by atoms with Crippen molar-refractivity contribution in [3.05, 3.63) is 206 Å². The molecule has 10 aromatic rings. The van der Waals surface area contributed by atoms with Crippen LogP contribution in [0.5, 0.6) is 0 Å². The zero-order chi connectivity index (χ0) is 42.3. The van der Waals surface area contributed by atoms with Crippen molar-refractivity contribution in [2.24, 2.45) is 0 Å². The minimum absolute atomic E-state index is 0. The maximum Gasteiger partial charge on any atom is 2.00 e. The van der Waals surface area contributed by atoms with Crippen LogP contribution in [-0.4, -0.2) is 38.5 Å². The number of hydrogen-bond acceptors (Lipinski definition) is 6. The maximum absolute atomic E-state index is 9.08. The van der Waals surface area contributed by atoms with Gasteiger partial charge in [0, 0.05) is 12.5 Å². The quantitative estimate of drug-likeness (QED) is 0.128. The number of fused-ring (bicyclic) bond motifs is 6. The van der Waals surface area contributed by atoms with Crippen molar-refractivity contribution in [2.45, 2.75) is 0 Å². The van der Waals surface area contributed by atoms with Crippen LogP contribution in [0.2, 0.25) is 0 Å². The first-order valence-corrected chi connectivity index (χ1v) is 22.7. The molecule has 0 N–H and O–H groups in total. The molecule has 0 aliphatic heterocycles. The van der Waals surface area contributed by atoms with Gasteiger partial charge in [-0.3, -0.25) is 0 Å². The van der Waals surface area contributed by atoms with Gasteiger partial charge in [-0.05, 0) is 22.3 Å². The summed E-state index contributed by atoms with van der Waals surface area (Å²) in [4.78, 5) is 0. The van der Waals surface area contributed by atoms with Crippen LogP contribution in [0.25, 0.3) is 87.6 Å². The SMILES string of the molecule is CS(=O)(=O)[O-].CS(=O)(=O)[O-].[Zr+2].[Zr+2].c1ccc(-c2ccc3c(c2)[cH-]c2cc(-c4ccccc4)ccc23)cc1.c1ccc(-c2ccc3c(c2)[cH-]c2cc(-c4ccccc4)ccc23)cc1. The summed E-state index contributed by atoms with van der Waals surface area (Å²) in [5.41, 5.74) is 10.1. The second kappa shape index (κ2) is 21.4. The molecule has 0 radical (unpaired) electrons. The van der Waals surface area contributed by atoms with Crippen molar-refractivity contribution in [3.8, 4) is 44.5 Å². The zero-order valence-electron chi connectivity index (χ0n) is 33.9. The topological polar surface area (TPSA) is 114 Å². The molecule has 0 aliphatic rings. The third-order valence-electron chi connectivity index (χ3n) is 9.84.